The highest BCUT2D eigenvalue weighted by molar-refractivity contribution is 5.89. The van der Waals surface area contributed by atoms with Crippen LogP contribution >= 0.6 is 0 Å². The molecule has 2 N–H and O–H groups in total. The first-order valence-corrected chi connectivity index (χ1v) is 8.06. The van der Waals surface area contributed by atoms with Crippen LogP contribution in [0.2, 0.25) is 0 Å². The molecular weight excluding hydrogens is 264 g/mol. The van der Waals surface area contributed by atoms with E-state index in [0.717, 1.165) is 5.69 Å². The Morgan fingerprint density at radius 2 is 1.81 bits per heavy atom. The van der Waals surface area contributed by atoms with Crippen LogP contribution in [0.25, 0.3) is 0 Å². The van der Waals surface area contributed by atoms with Gasteiger partial charge in [-0.3, -0.25) is 0 Å². The van der Waals surface area contributed by atoms with Gasteiger partial charge < -0.3 is 15.3 Å². The topological polar surface area (TPSA) is 52.6 Å². The Morgan fingerprint density at radius 3 is 2.43 bits per heavy atom. The van der Waals surface area contributed by atoms with Gasteiger partial charge in [-0.25, -0.2) is 4.79 Å². The van der Waals surface area contributed by atoms with Gasteiger partial charge in [0.1, 0.15) is 0 Å². The van der Waals surface area contributed by atoms with Crippen molar-refractivity contribution in [2.24, 2.45) is 0 Å². The number of likely N-dealkylation sites (tertiary alicyclic amines) is 1. The molecule has 1 saturated heterocycles. The van der Waals surface area contributed by atoms with Crippen molar-refractivity contribution < 1.29 is 9.90 Å². The van der Waals surface area contributed by atoms with Crippen LogP contribution in [0.1, 0.15) is 50.0 Å². The van der Waals surface area contributed by atoms with E-state index in [0.29, 0.717) is 25.4 Å². The standard InChI is InChI=1S/C17H24N2O2/c20-16-10-11-19(12-16)17(21)18-15-8-6-14(7-9-15)13-4-2-1-3-5-13/h6-9,13,16,20H,1-5,10-12H2,(H,18,21)/t16-/m1/s1. The molecule has 1 aliphatic heterocycles. The number of carbonyl (C=O) groups is 1. The maximum Gasteiger partial charge on any atom is 0.321 e. The summed E-state index contributed by atoms with van der Waals surface area (Å²) in [6.07, 6.45) is 6.92. The number of β-amino-alcohol motifs (C(OH)–C–C–N with tert-alkyl or cyclic N) is 1. The molecule has 1 aromatic carbocycles. The summed E-state index contributed by atoms with van der Waals surface area (Å²) in [6, 6.07) is 8.16. The Hall–Kier alpha value is -1.55. The molecule has 0 spiro atoms. The summed E-state index contributed by atoms with van der Waals surface area (Å²) in [5.41, 5.74) is 2.23. The lowest BCUT2D eigenvalue weighted by Gasteiger charge is -2.22. The summed E-state index contributed by atoms with van der Waals surface area (Å²) < 4.78 is 0. The molecule has 1 aliphatic carbocycles. The molecule has 3 rings (SSSR count). The number of hydrogen-bond acceptors (Lipinski definition) is 2. The maximum atomic E-state index is 12.1. The van der Waals surface area contributed by atoms with E-state index in [2.05, 4.69) is 17.4 Å². The van der Waals surface area contributed by atoms with Crippen molar-refractivity contribution in [3.63, 3.8) is 0 Å². The Bertz CT molecular complexity index is 480. The van der Waals surface area contributed by atoms with Crippen molar-refractivity contribution in [2.45, 2.75) is 50.5 Å². The number of urea groups is 1. The predicted molar refractivity (Wildman–Crippen MR) is 83.5 cm³/mol. The van der Waals surface area contributed by atoms with Gasteiger partial charge in [-0.1, -0.05) is 31.4 Å². The number of aliphatic hydroxyl groups is 1. The van der Waals surface area contributed by atoms with Crippen LogP contribution in [0.4, 0.5) is 10.5 Å². The van der Waals surface area contributed by atoms with Gasteiger partial charge >= 0.3 is 6.03 Å². The largest absolute Gasteiger partial charge is 0.391 e. The quantitative estimate of drug-likeness (QED) is 0.877. The minimum Gasteiger partial charge on any atom is -0.391 e. The van der Waals surface area contributed by atoms with Crippen molar-refractivity contribution in [1.82, 2.24) is 4.90 Å². The molecule has 4 nitrogen and oxygen atoms in total. The lowest BCUT2D eigenvalue weighted by atomic mass is 9.84. The Balaban J connectivity index is 1.57. The van der Waals surface area contributed by atoms with Crippen LogP contribution in [-0.4, -0.2) is 35.2 Å². The first-order valence-electron chi connectivity index (χ1n) is 8.06. The Kier molecular flexibility index (Phi) is 4.44. The molecule has 2 aliphatic rings. The average Bonchev–Trinajstić information content (AvgIpc) is 2.96. The fourth-order valence-electron chi connectivity index (χ4n) is 3.40. The molecule has 2 fully saturated rings. The minimum absolute atomic E-state index is 0.114. The summed E-state index contributed by atoms with van der Waals surface area (Å²) >= 11 is 0. The fraction of sp³-hybridized carbons (Fsp3) is 0.588. The molecule has 1 heterocycles. The minimum atomic E-state index is -0.371. The average molecular weight is 288 g/mol. The van der Waals surface area contributed by atoms with Gasteiger partial charge in [0.15, 0.2) is 0 Å². The van der Waals surface area contributed by atoms with E-state index >= 15 is 0 Å². The second kappa shape index (κ2) is 6.48. The number of amides is 2. The summed E-state index contributed by atoms with van der Waals surface area (Å²) in [5.74, 6) is 0.692. The molecule has 2 amide bonds. The van der Waals surface area contributed by atoms with Crippen molar-refractivity contribution in [3.05, 3.63) is 29.8 Å². The van der Waals surface area contributed by atoms with Crippen molar-refractivity contribution in [3.8, 4) is 0 Å². The summed E-state index contributed by atoms with van der Waals surface area (Å²) in [7, 11) is 0. The zero-order chi connectivity index (χ0) is 14.7. The van der Waals surface area contributed by atoms with E-state index in [1.165, 1.54) is 37.7 Å². The van der Waals surface area contributed by atoms with E-state index in [4.69, 9.17) is 0 Å². The van der Waals surface area contributed by atoms with Crippen LogP contribution < -0.4 is 5.32 Å². The molecule has 0 bridgehead atoms. The third-order valence-corrected chi connectivity index (χ3v) is 4.69. The van der Waals surface area contributed by atoms with Gasteiger partial charge in [0.2, 0.25) is 0 Å². The van der Waals surface area contributed by atoms with Crippen LogP contribution in [-0.2, 0) is 0 Å². The molecule has 0 unspecified atom stereocenters. The van der Waals surface area contributed by atoms with Gasteiger partial charge in [-0.05, 0) is 42.9 Å². The molecule has 1 aromatic rings. The molecule has 1 atom stereocenters. The number of benzene rings is 1. The van der Waals surface area contributed by atoms with Crippen LogP contribution in [0.5, 0.6) is 0 Å². The van der Waals surface area contributed by atoms with Crippen molar-refractivity contribution in [2.75, 3.05) is 18.4 Å². The van der Waals surface area contributed by atoms with Crippen LogP contribution in [0, 0.1) is 0 Å². The van der Waals surface area contributed by atoms with Crippen LogP contribution in [0.15, 0.2) is 24.3 Å². The molecule has 1 saturated carbocycles. The van der Waals surface area contributed by atoms with Gasteiger partial charge in [-0.15, -0.1) is 0 Å². The normalized spacial score (nSPS) is 23.3. The first kappa shape index (κ1) is 14.4. The van der Waals surface area contributed by atoms with E-state index in [9.17, 15) is 9.90 Å². The lowest BCUT2D eigenvalue weighted by molar-refractivity contribution is 0.176. The fourth-order valence-corrected chi connectivity index (χ4v) is 3.40. The highest BCUT2D eigenvalue weighted by Crippen LogP contribution is 2.33. The number of aliphatic hydroxyl groups excluding tert-OH is 1. The van der Waals surface area contributed by atoms with E-state index in [1.54, 1.807) is 4.90 Å². The third kappa shape index (κ3) is 3.56. The zero-order valence-corrected chi connectivity index (χ0v) is 12.4. The second-order valence-corrected chi connectivity index (χ2v) is 6.28. The summed E-state index contributed by atoms with van der Waals surface area (Å²) in [6.45, 7) is 1.07. The number of nitrogens with zero attached hydrogens (tertiary/aromatic N) is 1. The Morgan fingerprint density at radius 1 is 1.10 bits per heavy atom. The van der Waals surface area contributed by atoms with E-state index in [-0.39, 0.29) is 12.1 Å². The summed E-state index contributed by atoms with van der Waals surface area (Å²) in [5, 5.41) is 12.4. The number of hydrogen-bond donors (Lipinski definition) is 2. The third-order valence-electron chi connectivity index (χ3n) is 4.69. The summed E-state index contributed by atoms with van der Waals surface area (Å²) in [4.78, 5) is 13.7. The van der Waals surface area contributed by atoms with E-state index in [1.807, 2.05) is 12.1 Å². The highest BCUT2D eigenvalue weighted by Gasteiger charge is 2.24. The lowest BCUT2D eigenvalue weighted by Crippen LogP contribution is -2.33. The predicted octanol–water partition coefficient (Wildman–Crippen LogP) is 3.33. The molecule has 4 heteroatoms. The molecule has 114 valence electrons. The number of nitrogens with one attached hydrogen (secondary N) is 1. The number of anilines is 1. The van der Waals surface area contributed by atoms with Gasteiger partial charge in [0, 0.05) is 18.8 Å². The molecule has 21 heavy (non-hydrogen) atoms. The maximum absolute atomic E-state index is 12.1. The van der Waals surface area contributed by atoms with Crippen molar-refractivity contribution >= 4 is 11.7 Å². The van der Waals surface area contributed by atoms with E-state index < -0.39 is 0 Å². The number of carbonyl (C=O) groups excluding carboxylic acids is 1. The Labute approximate surface area is 126 Å². The SMILES string of the molecule is O=C(Nc1ccc(C2CCCCC2)cc1)N1CC[C@@H](O)C1. The molecular formula is C17H24N2O2. The van der Waals surface area contributed by atoms with Gasteiger partial charge in [0.25, 0.3) is 0 Å². The second-order valence-electron chi connectivity index (χ2n) is 6.28. The molecule has 0 aromatic heterocycles. The molecule has 0 radical (unpaired) electrons. The monoisotopic (exact) mass is 288 g/mol. The van der Waals surface area contributed by atoms with Crippen molar-refractivity contribution in [1.29, 1.82) is 0 Å². The van der Waals surface area contributed by atoms with Gasteiger partial charge in [-0.2, -0.15) is 0 Å². The van der Waals surface area contributed by atoms with Crippen LogP contribution in [0.3, 0.4) is 0 Å². The number of rotatable bonds is 2. The highest BCUT2D eigenvalue weighted by atomic mass is 16.3. The zero-order valence-electron chi connectivity index (χ0n) is 12.4. The first-order chi connectivity index (χ1) is 10.2. The van der Waals surface area contributed by atoms with Gasteiger partial charge in [0.05, 0.1) is 6.10 Å². The smallest absolute Gasteiger partial charge is 0.321 e.